The van der Waals surface area contributed by atoms with Gasteiger partial charge in [-0.1, -0.05) is 33.6 Å². The molecule has 2 aromatic carbocycles. The first-order valence-electron chi connectivity index (χ1n) is 11.5. The lowest BCUT2D eigenvalue weighted by Gasteiger charge is -2.49. The molecule has 1 amide bonds. The van der Waals surface area contributed by atoms with Crippen LogP contribution in [-0.2, 0) is 19.7 Å². The van der Waals surface area contributed by atoms with Gasteiger partial charge in [-0.15, -0.1) is 0 Å². The summed E-state index contributed by atoms with van der Waals surface area (Å²) < 4.78 is 66.8. The number of allylic oxidation sites excluding steroid dienone is 1. The Bertz CT molecular complexity index is 1270. The van der Waals surface area contributed by atoms with Gasteiger partial charge in [0.05, 0.1) is 18.7 Å². The van der Waals surface area contributed by atoms with E-state index in [4.69, 9.17) is 21.1 Å². The Morgan fingerprint density at radius 2 is 1.78 bits per heavy atom. The van der Waals surface area contributed by atoms with Crippen molar-refractivity contribution in [2.75, 3.05) is 18.6 Å². The fraction of sp³-hybridized carbons (Fsp3) is 0.385. The molecule has 1 saturated carbocycles. The Morgan fingerprint density at radius 3 is 2.35 bits per heavy atom. The van der Waals surface area contributed by atoms with Gasteiger partial charge in [-0.25, -0.2) is 9.18 Å². The monoisotopic (exact) mass is 603 g/mol. The number of benzene rings is 2. The SMILES string of the molecule is CCOc1ccc2c(c1)C1(CCC(C(=O)OC)(N(C(=O)C(F)(F)F)c3ccc(F)c(Cl)c3)CC1)C(Br)=C2. The molecule has 2 aromatic rings. The van der Waals surface area contributed by atoms with Gasteiger partial charge in [0, 0.05) is 15.6 Å². The average Bonchev–Trinajstić information content (AvgIpc) is 3.12. The van der Waals surface area contributed by atoms with Crippen LogP contribution in [0.1, 0.15) is 43.7 Å². The van der Waals surface area contributed by atoms with Gasteiger partial charge in [0.15, 0.2) is 0 Å². The fourth-order valence-corrected chi connectivity index (χ4v) is 6.38. The highest BCUT2D eigenvalue weighted by Gasteiger charge is 2.59. The minimum atomic E-state index is -5.32. The molecule has 0 aliphatic heterocycles. The molecular formula is C26H23BrClF4NO4. The number of anilines is 1. The lowest BCUT2D eigenvalue weighted by atomic mass is 9.64. The molecule has 0 bridgehead atoms. The van der Waals surface area contributed by atoms with E-state index in [-0.39, 0.29) is 31.4 Å². The fourth-order valence-electron chi connectivity index (χ4n) is 5.35. The molecule has 198 valence electrons. The number of esters is 1. The maximum Gasteiger partial charge on any atom is 0.471 e. The molecule has 4 rings (SSSR count). The van der Waals surface area contributed by atoms with Crippen molar-refractivity contribution in [2.24, 2.45) is 0 Å². The summed E-state index contributed by atoms with van der Waals surface area (Å²) in [6, 6.07) is 8.39. The number of methoxy groups -OCH3 is 1. The Hall–Kier alpha value is -2.59. The molecule has 0 unspecified atom stereocenters. The summed E-state index contributed by atoms with van der Waals surface area (Å²) in [5, 5.41) is -0.483. The number of alkyl halides is 3. The van der Waals surface area contributed by atoms with Crippen molar-refractivity contribution >= 4 is 51.2 Å². The molecule has 0 atom stereocenters. The third-order valence-electron chi connectivity index (χ3n) is 7.12. The van der Waals surface area contributed by atoms with Crippen molar-refractivity contribution in [1.82, 2.24) is 0 Å². The molecule has 11 heteroatoms. The first-order valence-corrected chi connectivity index (χ1v) is 12.7. The smallest absolute Gasteiger partial charge is 0.471 e. The van der Waals surface area contributed by atoms with Crippen molar-refractivity contribution in [3.8, 4) is 5.75 Å². The maximum absolute atomic E-state index is 13.9. The van der Waals surface area contributed by atoms with Crippen LogP contribution in [0.3, 0.4) is 0 Å². The van der Waals surface area contributed by atoms with E-state index >= 15 is 0 Å². The molecule has 0 saturated heterocycles. The highest BCUT2D eigenvalue weighted by molar-refractivity contribution is 9.11. The van der Waals surface area contributed by atoms with Crippen LogP contribution in [0.2, 0.25) is 5.02 Å². The third kappa shape index (κ3) is 4.63. The van der Waals surface area contributed by atoms with E-state index in [2.05, 4.69) is 15.9 Å². The van der Waals surface area contributed by atoms with Crippen LogP contribution in [0.5, 0.6) is 5.75 Å². The van der Waals surface area contributed by atoms with Gasteiger partial charge in [0.1, 0.15) is 17.1 Å². The van der Waals surface area contributed by atoms with Crippen molar-refractivity contribution in [3.63, 3.8) is 0 Å². The van der Waals surface area contributed by atoms with E-state index in [0.29, 0.717) is 17.3 Å². The van der Waals surface area contributed by atoms with Gasteiger partial charge < -0.3 is 9.47 Å². The van der Waals surface area contributed by atoms with Gasteiger partial charge >= 0.3 is 18.1 Å². The topological polar surface area (TPSA) is 55.8 Å². The zero-order valence-electron chi connectivity index (χ0n) is 19.9. The summed E-state index contributed by atoms with van der Waals surface area (Å²) in [5.74, 6) is -3.49. The number of fused-ring (bicyclic) bond motifs is 2. The van der Waals surface area contributed by atoms with Crippen molar-refractivity contribution < 1.29 is 36.6 Å². The standard InChI is InChI=1S/C26H23BrClF4NO4/c1-3-37-17-6-4-15-12-21(27)24(18(15)14-17)8-10-25(11-9-24,23(35)36-2)33(22(34)26(30,31)32)16-5-7-20(29)19(28)13-16/h4-7,12-14H,3,8-11H2,1-2H3. The summed E-state index contributed by atoms with van der Waals surface area (Å²) in [5.41, 5.74) is -1.14. The summed E-state index contributed by atoms with van der Waals surface area (Å²) in [4.78, 5) is 26.4. The van der Waals surface area contributed by atoms with Crippen molar-refractivity contribution in [1.29, 1.82) is 0 Å². The molecule has 0 radical (unpaired) electrons. The zero-order valence-corrected chi connectivity index (χ0v) is 22.3. The van der Waals surface area contributed by atoms with Crippen LogP contribution in [0.25, 0.3) is 6.08 Å². The Morgan fingerprint density at radius 1 is 1.11 bits per heavy atom. The highest BCUT2D eigenvalue weighted by atomic mass is 79.9. The molecule has 1 fully saturated rings. The van der Waals surface area contributed by atoms with E-state index in [9.17, 15) is 27.2 Å². The van der Waals surface area contributed by atoms with E-state index in [1.54, 1.807) is 0 Å². The molecule has 37 heavy (non-hydrogen) atoms. The van der Waals surface area contributed by atoms with Crippen molar-refractivity contribution in [3.05, 3.63) is 62.8 Å². The van der Waals surface area contributed by atoms with Crippen LogP contribution in [0.15, 0.2) is 40.9 Å². The largest absolute Gasteiger partial charge is 0.494 e. The van der Waals surface area contributed by atoms with E-state index in [1.807, 2.05) is 31.2 Å². The Balaban J connectivity index is 1.81. The number of amides is 1. The maximum atomic E-state index is 13.9. The summed E-state index contributed by atoms with van der Waals surface area (Å²) >= 11 is 9.49. The summed E-state index contributed by atoms with van der Waals surface area (Å²) in [6.45, 7) is 2.32. The quantitative estimate of drug-likeness (QED) is 0.274. The first kappa shape index (κ1) is 27.4. The second-order valence-electron chi connectivity index (χ2n) is 9.02. The number of ether oxygens (including phenoxy) is 2. The normalized spacial score (nSPS) is 22.9. The zero-order chi connectivity index (χ0) is 27.2. The molecular weight excluding hydrogens is 582 g/mol. The Labute approximate surface area is 224 Å². The van der Waals surface area contributed by atoms with Crippen LogP contribution in [0.4, 0.5) is 23.2 Å². The van der Waals surface area contributed by atoms with Gasteiger partial charge in [0.2, 0.25) is 0 Å². The molecule has 5 nitrogen and oxygen atoms in total. The van der Waals surface area contributed by atoms with Gasteiger partial charge in [0.25, 0.3) is 0 Å². The molecule has 0 aromatic heterocycles. The minimum absolute atomic E-state index is 0.155. The number of rotatable bonds is 5. The first-order chi connectivity index (χ1) is 17.4. The molecule has 1 spiro atoms. The minimum Gasteiger partial charge on any atom is -0.494 e. The van der Waals surface area contributed by atoms with E-state index < -0.39 is 39.8 Å². The second-order valence-corrected chi connectivity index (χ2v) is 10.3. The number of carbonyl (C=O) groups excluding carboxylic acids is 2. The van der Waals surface area contributed by atoms with Crippen LogP contribution >= 0.6 is 27.5 Å². The average molecular weight is 605 g/mol. The molecule has 0 N–H and O–H groups in total. The van der Waals surface area contributed by atoms with Crippen LogP contribution in [0, 0.1) is 5.82 Å². The van der Waals surface area contributed by atoms with E-state index in [0.717, 1.165) is 40.9 Å². The van der Waals surface area contributed by atoms with Gasteiger partial charge in [-0.2, -0.15) is 13.2 Å². The predicted octanol–water partition coefficient (Wildman–Crippen LogP) is 6.95. The number of nitrogens with zero attached hydrogens (tertiary/aromatic N) is 1. The number of hydrogen-bond acceptors (Lipinski definition) is 4. The number of halogens is 6. The predicted molar refractivity (Wildman–Crippen MR) is 134 cm³/mol. The molecule has 2 aliphatic rings. The highest BCUT2D eigenvalue weighted by Crippen LogP contribution is 2.57. The lowest BCUT2D eigenvalue weighted by molar-refractivity contribution is -0.174. The van der Waals surface area contributed by atoms with Gasteiger partial charge in [-0.05, 0) is 80.1 Å². The number of carbonyl (C=O) groups is 2. The lowest BCUT2D eigenvalue weighted by Crippen LogP contribution is -2.63. The third-order valence-corrected chi connectivity index (χ3v) is 8.40. The molecule has 2 aliphatic carbocycles. The van der Waals surface area contributed by atoms with E-state index in [1.165, 1.54) is 0 Å². The van der Waals surface area contributed by atoms with Crippen LogP contribution in [-0.4, -0.2) is 37.3 Å². The number of hydrogen-bond donors (Lipinski definition) is 0. The van der Waals surface area contributed by atoms with Crippen molar-refractivity contribution in [2.45, 2.75) is 49.7 Å². The summed E-state index contributed by atoms with van der Waals surface area (Å²) in [7, 11) is 1.05. The van der Waals surface area contributed by atoms with Crippen LogP contribution < -0.4 is 9.64 Å². The second kappa shape index (κ2) is 9.94. The summed E-state index contributed by atoms with van der Waals surface area (Å²) in [6.07, 6.45) is -3.25. The molecule has 0 heterocycles. The van der Waals surface area contributed by atoms with Gasteiger partial charge in [-0.3, -0.25) is 9.69 Å². The Kier molecular flexibility index (Phi) is 7.38.